The van der Waals surface area contributed by atoms with Crippen molar-refractivity contribution in [1.82, 2.24) is 9.62 Å². The van der Waals surface area contributed by atoms with Gasteiger partial charge in [0.15, 0.2) is 0 Å². The van der Waals surface area contributed by atoms with Crippen molar-refractivity contribution in [3.05, 3.63) is 59.7 Å². The van der Waals surface area contributed by atoms with Gasteiger partial charge in [-0.2, -0.15) is 4.31 Å². The third kappa shape index (κ3) is 5.21. The lowest BCUT2D eigenvalue weighted by Crippen LogP contribution is -2.36. The van der Waals surface area contributed by atoms with Gasteiger partial charge in [-0.3, -0.25) is 9.59 Å². The molecule has 1 saturated heterocycles. The van der Waals surface area contributed by atoms with Crippen molar-refractivity contribution >= 4 is 27.5 Å². The molecule has 1 fully saturated rings. The molecule has 2 amide bonds. The predicted molar refractivity (Wildman–Crippen MR) is 111 cm³/mol. The molecule has 1 heterocycles. The Morgan fingerprint density at radius 3 is 2.28 bits per heavy atom. The minimum absolute atomic E-state index is 0.276. The molecule has 0 aliphatic carbocycles. The summed E-state index contributed by atoms with van der Waals surface area (Å²) >= 11 is 0. The molecule has 1 aliphatic rings. The first kappa shape index (κ1) is 21.0. The summed E-state index contributed by atoms with van der Waals surface area (Å²) in [5, 5.41) is 5.17. The molecule has 0 radical (unpaired) electrons. The van der Waals surface area contributed by atoms with Gasteiger partial charge in [-0.15, -0.1) is 0 Å². The fourth-order valence-electron chi connectivity index (χ4n) is 3.20. The summed E-state index contributed by atoms with van der Waals surface area (Å²) in [5.41, 5.74) is 2.35. The first-order chi connectivity index (χ1) is 13.9. The van der Waals surface area contributed by atoms with Gasteiger partial charge in [0.25, 0.3) is 0 Å². The second kappa shape index (κ2) is 9.19. The van der Waals surface area contributed by atoms with Crippen LogP contribution >= 0.6 is 0 Å². The molecule has 2 N–H and O–H groups in total. The SMILES string of the molecule is Cc1ccccc1NC(=O)C(=O)NCCc1ccc(S(=O)(=O)N2CCCC2)cc1. The second-order valence-electron chi connectivity index (χ2n) is 7.03. The van der Waals surface area contributed by atoms with Gasteiger partial charge < -0.3 is 10.6 Å². The molecule has 29 heavy (non-hydrogen) atoms. The van der Waals surface area contributed by atoms with E-state index < -0.39 is 21.8 Å². The van der Waals surface area contributed by atoms with Crippen LogP contribution in [0, 0.1) is 6.92 Å². The quantitative estimate of drug-likeness (QED) is 0.706. The molecule has 8 heteroatoms. The zero-order valence-electron chi connectivity index (χ0n) is 16.3. The zero-order valence-corrected chi connectivity index (χ0v) is 17.2. The van der Waals surface area contributed by atoms with Crippen LogP contribution in [0.15, 0.2) is 53.4 Å². The van der Waals surface area contributed by atoms with Crippen molar-refractivity contribution in [3.8, 4) is 0 Å². The monoisotopic (exact) mass is 415 g/mol. The maximum atomic E-state index is 12.5. The number of amides is 2. The summed E-state index contributed by atoms with van der Waals surface area (Å²) in [6, 6.07) is 13.9. The van der Waals surface area contributed by atoms with Crippen LogP contribution in [-0.2, 0) is 26.0 Å². The summed E-state index contributed by atoms with van der Waals surface area (Å²) in [6.07, 6.45) is 2.29. The van der Waals surface area contributed by atoms with E-state index in [1.807, 2.05) is 19.1 Å². The molecule has 3 rings (SSSR count). The van der Waals surface area contributed by atoms with E-state index in [9.17, 15) is 18.0 Å². The lowest BCUT2D eigenvalue weighted by molar-refractivity contribution is -0.136. The summed E-state index contributed by atoms with van der Waals surface area (Å²) in [7, 11) is -3.42. The van der Waals surface area contributed by atoms with Crippen molar-refractivity contribution in [2.75, 3.05) is 25.0 Å². The molecule has 0 aromatic heterocycles. The standard InChI is InChI=1S/C21H25N3O4S/c1-16-6-2-3-7-19(16)23-21(26)20(25)22-13-12-17-8-10-18(11-9-17)29(27,28)24-14-4-5-15-24/h2-3,6-11H,4-5,12-15H2,1H3,(H,22,25)(H,23,26). The number of hydrogen-bond acceptors (Lipinski definition) is 4. The largest absolute Gasteiger partial charge is 0.347 e. The second-order valence-corrected chi connectivity index (χ2v) is 8.97. The van der Waals surface area contributed by atoms with Gasteiger partial charge in [-0.05, 0) is 55.5 Å². The van der Waals surface area contributed by atoms with Gasteiger partial charge in [0.05, 0.1) is 4.90 Å². The topological polar surface area (TPSA) is 95.6 Å². The lowest BCUT2D eigenvalue weighted by atomic mass is 10.1. The summed E-state index contributed by atoms with van der Waals surface area (Å²) in [5.74, 6) is -1.42. The Kier molecular flexibility index (Phi) is 6.66. The van der Waals surface area contributed by atoms with Gasteiger partial charge in [-0.25, -0.2) is 8.42 Å². The number of rotatable bonds is 6. The first-order valence-corrected chi connectivity index (χ1v) is 11.1. The molecule has 154 valence electrons. The fraction of sp³-hybridized carbons (Fsp3) is 0.333. The average molecular weight is 416 g/mol. The predicted octanol–water partition coefficient (Wildman–Crippen LogP) is 2.08. The number of nitrogens with zero attached hydrogens (tertiary/aromatic N) is 1. The molecule has 0 atom stereocenters. The highest BCUT2D eigenvalue weighted by Crippen LogP contribution is 2.21. The number of carbonyl (C=O) groups is 2. The summed E-state index contributed by atoms with van der Waals surface area (Å²) in [4.78, 5) is 24.2. The van der Waals surface area contributed by atoms with Crippen LogP contribution in [0.2, 0.25) is 0 Å². The van der Waals surface area contributed by atoms with Crippen molar-refractivity contribution in [2.24, 2.45) is 0 Å². The molecule has 7 nitrogen and oxygen atoms in total. The van der Waals surface area contributed by atoms with E-state index in [1.165, 1.54) is 4.31 Å². The third-order valence-corrected chi connectivity index (χ3v) is 6.84. The molecular weight excluding hydrogens is 390 g/mol. The highest BCUT2D eigenvalue weighted by Gasteiger charge is 2.26. The maximum Gasteiger partial charge on any atom is 0.313 e. The van der Waals surface area contributed by atoms with Crippen LogP contribution in [-0.4, -0.2) is 44.2 Å². The van der Waals surface area contributed by atoms with E-state index >= 15 is 0 Å². The molecule has 0 spiro atoms. The number of carbonyl (C=O) groups excluding carboxylic acids is 2. The Morgan fingerprint density at radius 2 is 1.62 bits per heavy atom. The number of anilines is 1. The fourth-order valence-corrected chi connectivity index (χ4v) is 4.72. The van der Waals surface area contributed by atoms with Crippen molar-refractivity contribution in [2.45, 2.75) is 31.1 Å². The first-order valence-electron chi connectivity index (χ1n) is 9.62. The minimum Gasteiger partial charge on any atom is -0.347 e. The maximum absolute atomic E-state index is 12.5. The highest BCUT2D eigenvalue weighted by molar-refractivity contribution is 7.89. The molecule has 1 aliphatic heterocycles. The Balaban J connectivity index is 1.49. The van der Waals surface area contributed by atoms with E-state index in [0.717, 1.165) is 24.0 Å². The van der Waals surface area contributed by atoms with Gasteiger partial charge in [0.2, 0.25) is 10.0 Å². The van der Waals surface area contributed by atoms with Gasteiger partial charge in [0.1, 0.15) is 0 Å². The molecule has 2 aromatic carbocycles. The molecular formula is C21H25N3O4S. The Labute approximate surface area is 171 Å². The van der Waals surface area contributed by atoms with Crippen LogP contribution < -0.4 is 10.6 Å². The van der Waals surface area contributed by atoms with Crippen molar-refractivity contribution in [3.63, 3.8) is 0 Å². The summed E-state index contributed by atoms with van der Waals surface area (Å²) in [6.45, 7) is 3.26. The normalized spacial score (nSPS) is 14.5. The molecule has 0 unspecified atom stereocenters. The van der Waals surface area contributed by atoms with E-state index in [0.29, 0.717) is 25.2 Å². The average Bonchev–Trinajstić information content (AvgIpc) is 3.26. The number of nitrogens with one attached hydrogen (secondary N) is 2. The number of hydrogen-bond donors (Lipinski definition) is 2. The highest BCUT2D eigenvalue weighted by atomic mass is 32.2. The van der Waals surface area contributed by atoms with E-state index in [2.05, 4.69) is 10.6 Å². The van der Waals surface area contributed by atoms with Crippen LogP contribution in [0.25, 0.3) is 0 Å². The van der Waals surface area contributed by atoms with Crippen molar-refractivity contribution < 1.29 is 18.0 Å². The Hall–Kier alpha value is -2.71. The minimum atomic E-state index is -3.42. The number of sulfonamides is 1. The van der Waals surface area contributed by atoms with Gasteiger partial charge in [-0.1, -0.05) is 30.3 Å². The third-order valence-electron chi connectivity index (χ3n) is 4.92. The molecule has 0 saturated carbocycles. The van der Waals surface area contributed by atoms with Crippen LogP contribution in [0.3, 0.4) is 0 Å². The Morgan fingerprint density at radius 1 is 0.966 bits per heavy atom. The number of para-hydroxylation sites is 1. The summed E-state index contributed by atoms with van der Waals surface area (Å²) < 4.78 is 26.6. The van der Waals surface area contributed by atoms with E-state index in [-0.39, 0.29) is 11.4 Å². The smallest absolute Gasteiger partial charge is 0.313 e. The van der Waals surface area contributed by atoms with Gasteiger partial charge in [0, 0.05) is 25.3 Å². The van der Waals surface area contributed by atoms with Crippen LogP contribution in [0.1, 0.15) is 24.0 Å². The Bertz CT molecular complexity index is 981. The van der Waals surface area contributed by atoms with Gasteiger partial charge >= 0.3 is 11.8 Å². The zero-order chi connectivity index (χ0) is 20.9. The van der Waals surface area contributed by atoms with Crippen LogP contribution in [0.5, 0.6) is 0 Å². The van der Waals surface area contributed by atoms with E-state index in [1.54, 1.807) is 36.4 Å². The number of benzene rings is 2. The molecule has 0 bridgehead atoms. The van der Waals surface area contributed by atoms with Crippen molar-refractivity contribution in [1.29, 1.82) is 0 Å². The van der Waals surface area contributed by atoms with Crippen LogP contribution in [0.4, 0.5) is 5.69 Å². The lowest BCUT2D eigenvalue weighted by Gasteiger charge is -2.15. The van der Waals surface area contributed by atoms with E-state index in [4.69, 9.17) is 0 Å². The number of aryl methyl sites for hydroxylation is 1. The molecule has 2 aromatic rings.